The van der Waals surface area contributed by atoms with Crippen LogP contribution in [0.5, 0.6) is 11.5 Å². The molecule has 142 valence electrons. The summed E-state index contributed by atoms with van der Waals surface area (Å²) >= 11 is 6.44. The van der Waals surface area contributed by atoms with Gasteiger partial charge in [0.2, 0.25) is 0 Å². The van der Waals surface area contributed by atoms with Gasteiger partial charge >= 0.3 is 0 Å². The number of nitrogens with zero attached hydrogens (tertiary/aromatic N) is 2. The van der Waals surface area contributed by atoms with Gasteiger partial charge in [-0.15, -0.1) is 0 Å². The maximum atomic E-state index is 6.44. The number of aryl methyl sites for hydroxylation is 1. The number of para-hydroxylation sites is 4. The molecule has 0 saturated carbocycles. The van der Waals surface area contributed by atoms with Crippen molar-refractivity contribution in [3.05, 3.63) is 77.8 Å². The van der Waals surface area contributed by atoms with Crippen LogP contribution in [0.15, 0.2) is 72.8 Å². The Hall–Kier alpha value is -2.98. The van der Waals surface area contributed by atoms with E-state index >= 15 is 0 Å². The molecule has 1 aromatic heterocycles. The number of methoxy groups -OCH3 is 1. The van der Waals surface area contributed by atoms with E-state index in [0.717, 1.165) is 46.9 Å². The fraction of sp³-hybridized carbons (Fsp3) is 0.174. The first kappa shape index (κ1) is 18.4. The van der Waals surface area contributed by atoms with E-state index in [2.05, 4.69) is 10.6 Å². The first-order chi connectivity index (χ1) is 13.8. The zero-order valence-corrected chi connectivity index (χ0v) is 16.4. The summed E-state index contributed by atoms with van der Waals surface area (Å²) in [6, 6.07) is 23.6. The SMILES string of the molecule is COc1ccccc1OCCCn1c(-c2ccccc2Cl)nc2ccccc21. The number of ether oxygens (including phenoxy) is 2. The van der Waals surface area contributed by atoms with Crippen LogP contribution < -0.4 is 9.47 Å². The zero-order valence-electron chi connectivity index (χ0n) is 15.6. The largest absolute Gasteiger partial charge is 0.493 e. The molecule has 4 rings (SSSR count). The number of imidazole rings is 1. The van der Waals surface area contributed by atoms with Crippen molar-refractivity contribution in [3.8, 4) is 22.9 Å². The standard InChI is InChI=1S/C23H21ClN2O2/c1-27-21-13-6-7-14-22(21)28-16-8-15-26-20-12-5-4-11-19(20)25-23(26)17-9-2-3-10-18(17)24/h2-7,9-14H,8,15-16H2,1H3. The normalized spacial score (nSPS) is 10.9. The summed E-state index contributed by atoms with van der Waals surface area (Å²) in [7, 11) is 1.65. The van der Waals surface area contributed by atoms with Crippen molar-refractivity contribution in [1.82, 2.24) is 9.55 Å². The molecule has 0 spiro atoms. The Kier molecular flexibility index (Phi) is 5.49. The smallest absolute Gasteiger partial charge is 0.161 e. The van der Waals surface area contributed by atoms with E-state index < -0.39 is 0 Å². The van der Waals surface area contributed by atoms with Crippen LogP contribution in [0.2, 0.25) is 5.02 Å². The minimum Gasteiger partial charge on any atom is -0.493 e. The number of hydrogen-bond donors (Lipinski definition) is 0. The summed E-state index contributed by atoms with van der Waals surface area (Å²) < 4.78 is 13.5. The fourth-order valence-corrected chi connectivity index (χ4v) is 3.51. The second-order valence-corrected chi connectivity index (χ2v) is 6.82. The molecular formula is C23H21ClN2O2. The third-order valence-corrected chi connectivity index (χ3v) is 4.95. The van der Waals surface area contributed by atoms with Crippen LogP contribution in [0, 0.1) is 0 Å². The van der Waals surface area contributed by atoms with Crippen molar-refractivity contribution >= 4 is 22.6 Å². The number of halogens is 1. The molecule has 28 heavy (non-hydrogen) atoms. The van der Waals surface area contributed by atoms with Gasteiger partial charge in [-0.1, -0.05) is 48.0 Å². The van der Waals surface area contributed by atoms with Gasteiger partial charge in [-0.3, -0.25) is 0 Å². The molecule has 1 heterocycles. The maximum Gasteiger partial charge on any atom is 0.161 e. The van der Waals surface area contributed by atoms with E-state index in [1.165, 1.54) is 0 Å². The molecule has 4 nitrogen and oxygen atoms in total. The molecule has 0 amide bonds. The van der Waals surface area contributed by atoms with Gasteiger partial charge in [0.1, 0.15) is 5.82 Å². The van der Waals surface area contributed by atoms with Crippen molar-refractivity contribution in [2.45, 2.75) is 13.0 Å². The van der Waals surface area contributed by atoms with Gasteiger partial charge in [0, 0.05) is 12.1 Å². The molecule has 0 radical (unpaired) electrons. The van der Waals surface area contributed by atoms with Crippen molar-refractivity contribution < 1.29 is 9.47 Å². The molecular weight excluding hydrogens is 372 g/mol. The van der Waals surface area contributed by atoms with Crippen LogP contribution in [0.3, 0.4) is 0 Å². The highest BCUT2D eigenvalue weighted by atomic mass is 35.5. The Labute approximate surface area is 169 Å². The number of rotatable bonds is 7. The zero-order chi connectivity index (χ0) is 19.3. The molecule has 0 N–H and O–H groups in total. The van der Waals surface area contributed by atoms with Gasteiger partial charge in [-0.2, -0.15) is 0 Å². The number of aromatic nitrogens is 2. The molecule has 0 fully saturated rings. The second kappa shape index (κ2) is 8.36. The summed E-state index contributed by atoms with van der Waals surface area (Å²) in [5, 5.41) is 0.698. The highest BCUT2D eigenvalue weighted by Gasteiger charge is 2.14. The van der Waals surface area contributed by atoms with Crippen LogP contribution in [-0.4, -0.2) is 23.3 Å². The molecule has 3 aromatic carbocycles. The van der Waals surface area contributed by atoms with Gasteiger partial charge in [-0.05, 0) is 42.8 Å². The molecule has 0 atom stereocenters. The molecule has 0 unspecified atom stereocenters. The van der Waals surface area contributed by atoms with Crippen molar-refractivity contribution in [2.24, 2.45) is 0 Å². The summed E-state index contributed by atoms with van der Waals surface area (Å²) in [6.45, 7) is 1.35. The van der Waals surface area contributed by atoms with E-state index in [-0.39, 0.29) is 0 Å². The van der Waals surface area contributed by atoms with E-state index in [9.17, 15) is 0 Å². The lowest BCUT2D eigenvalue weighted by Crippen LogP contribution is -2.06. The van der Waals surface area contributed by atoms with E-state index in [0.29, 0.717) is 11.6 Å². The summed E-state index contributed by atoms with van der Waals surface area (Å²) in [6.07, 6.45) is 0.829. The summed E-state index contributed by atoms with van der Waals surface area (Å²) in [5.74, 6) is 2.38. The number of hydrogen-bond acceptors (Lipinski definition) is 3. The molecule has 0 aliphatic heterocycles. The number of benzene rings is 3. The van der Waals surface area contributed by atoms with Crippen LogP contribution >= 0.6 is 11.6 Å². The lowest BCUT2D eigenvalue weighted by molar-refractivity contribution is 0.283. The van der Waals surface area contributed by atoms with Crippen LogP contribution in [-0.2, 0) is 6.54 Å². The summed E-state index contributed by atoms with van der Waals surface area (Å²) in [4.78, 5) is 4.83. The molecule has 0 bridgehead atoms. The molecule has 0 saturated heterocycles. The van der Waals surface area contributed by atoms with Gasteiger partial charge < -0.3 is 14.0 Å². The fourth-order valence-electron chi connectivity index (χ4n) is 3.29. The quantitative estimate of drug-likeness (QED) is 0.371. The van der Waals surface area contributed by atoms with Gasteiger partial charge in [0.25, 0.3) is 0 Å². The summed E-state index contributed by atoms with van der Waals surface area (Å²) in [5.41, 5.74) is 2.99. The topological polar surface area (TPSA) is 36.3 Å². The Bertz CT molecular complexity index is 1090. The number of fused-ring (bicyclic) bond motifs is 1. The van der Waals surface area contributed by atoms with Gasteiger partial charge in [-0.25, -0.2) is 4.98 Å². The van der Waals surface area contributed by atoms with E-state index in [4.69, 9.17) is 26.1 Å². The third-order valence-electron chi connectivity index (χ3n) is 4.62. The first-order valence-corrected chi connectivity index (χ1v) is 9.61. The Morgan fingerprint density at radius 2 is 1.61 bits per heavy atom. The lowest BCUT2D eigenvalue weighted by atomic mass is 10.2. The van der Waals surface area contributed by atoms with Gasteiger partial charge in [0.15, 0.2) is 11.5 Å². The second-order valence-electron chi connectivity index (χ2n) is 6.41. The average Bonchev–Trinajstić information content (AvgIpc) is 3.10. The highest BCUT2D eigenvalue weighted by molar-refractivity contribution is 6.33. The van der Waals surface area contributed by atoms with Crippen LogP contribution in [0.1, 0.15) is 6.42 Å². The monoisotopic (exact) mass is 392 g/mol. The van der Waals surface area contributed by atoms with Crippen molar-refractivity contribution in [1.29, 1.82) is 0 Å². The minimum absolute atomic E-state index is 0.578. The Morgan fingerprint density at radius 1 is 0.893 bits per heavy atom. The van der Waals surface area contributed by atoms with Gasteiger partial charge in [0.05, 0.1) is 29.8 Å². The predicted molar refractivity (Wildman–Crippen MR) is 113 cm³/mol. The molecule has 0 aliphatic carbocycles. The third kappa shape index (κ3) is 3.69. The molecule has 5 heteroatoms. The van der Waals surface area contributed by atoms with E-state index in [1.54, 1.807) is 7.11 Å². The predicted octanol–water partition coefficient (Wildman–Crippen LogP) is 5.83. The first-order valence-electron chi connectivity index (χ1n) is 9.24. The minimum atomic E-state index is 0.578. The Balaban J connectivity index is 1.56. The van der Waals surface area contributed by atoms with Crippen LogP contribution in [0.25, 0.3) is 22.4 Å². The lowest BCUT2D eigenvalue weighted by Gasteiger charge is -2.12. The highest BCUT2D eigenvalue weighted by Crippen LogP contribution is 2.30. The van der Waals surface area contributed by atoms with Crippen LogP contribution in [0.4, 0.5) is 0 Å². The maximum absolute atomic E-state index is 6.44. The van der Waals surface area contributed by atoms with E-state index in [1.807, 2.05) is 66.7 Å². The van der Waals surface area contributed by atoms with Crippen molar-refractivity contribution in [2.75, 3.05) is 13.7 Å². The molecule has 0 aliphatic rings. The average molecular weight is 393 g/mol. The Morgan fingerprint density at radius 3 is 2.43 bits per heavy atom. The molecule has 4 aromatic rings. The van der Waals surface area contributed by atoms with Crippen molar-refractivity contribution in [3.63, 3.8) is 0 Å².